The van der Waals surface area contributed by atoms with Crippen LogP contribution in [0.2, 0.25) is 0 Å². The lowest BCUT2D eigenvalue weighted by Gasteiger charge is -2.23. The maximum absolute atomic E-state index is 11.0. The first-order valence-electron chi connectivity index (χ1n) is 9.41. The fourth-order valence-corrected chi connectivity index (χ4v) is 2.93. The van der Waals surface area contributed by atoms with E-state index in [4.69, 9.17) is 10.2 Å². The minimum atomic E-state index is -0.328. The predicted octanol–water partition coefficient (Wildman–Crippen LogP) is 2.67. The number of hydrogen-bond acceptors (Lipinski definition) is 5. The van der Waals surface area contributed by atoms with E-state index in [1.165, 1.54) is 0 Å². The Balaban J connectivity index is 2.09. The molecule has 0 aliphatic heterocycles. The molecule has 0 aliphatic rings. The molecular formula is C21H28N4O2. The molecule has 0 spiro atoms. The van der Waals surface area contributed by atoms with Gasteiger partial charge < -0.3 is 4.90 Å². The van der Waals surface area contributed by atoms with Crippen molar-refractivity contribution in [2.75, 3.05) is 11.4 Å². The second-order valence-corrected chi connectivity index (χ2v) is 6.26. The zero-order valence-corrected chi connectivity index (χ0v) is 16.1. The molecule has 6 nitrogen and oxygen atoms in total. The van der Waals surface area contributed by atoms with Gasteiger partial charge in [0.05, 0.1) is 5.35 Å². The highest BCUT2D eigenvalue weighted by atomic mass is 16.5. The van der Waals surface area contributed by atoms with Gasteiger partial charge in [-0.05, 0) is 56.2 Å². The maximum Gasteiger partial charge on any atom is 0.243 e. The van der Waals surface area contributed by atoms with Crippen molar-refractivity contribution in [2.45, 2.75) is 46.0 Å². The van der Waals surface area contributed by atoms with E-state index in [1.807, 2.05) is 44.2 Å². The van der Waals surface area contributed by atoms with Crippen LogP contribution in [0.1, 0.15) is 46.0 Å². The van der Waals surface area contributed by atoms with Gasteiger partial charge in [-0.3, -0.25) is 10.0 Å². The van der Waals surface area contributed by atoms with Crippen LogP contribution >= 0.6 is 0 Å². The Morgan fingerprint density at radius 1 is 1.07 bits per heavy atom. The molecule has 27 heavy (non-hydrogen) atoms. The normalized spacial score (nSPS) is 12.3. The molecule has 2 rings (SSSR count). The first-order chi connectivity index (χ1) is 13.2. The molecule has 0 saturated heterocycles. The molecule has 2 N–H and O–H groups in total. The first-order valence-corrected chi connectivity index (χ1v) is 9.41. The second-order valence-electron chi connectivity index (χ2n) is 6.26. The number of hydroxylamine groups is 1. The minimum absolute atomic E-state index is 0.328. The number of carbonyl (C=O) groups is 1. The van der Waals surface area contributed by atoms with E-state index < -0.39 is 0 Å². The summed E-state index contributed by atoms with van der Waals surface area (Å²) in [6.45, 7) is 4.80. The Labute approximate surface area is 160 Å². The molecule has 0 aliphatic carbocycles. The van der Waals surface area contributed by atoms with Crippen molar-refractivity contribution in [1.82, 2.24) is 15.4 Å². The van der Waals surface area contributed by atoms with Crippen LogP contribution in [-0.2, 0) is 4.79 Å². The summed E-state index contributed by atoms with van der Waals surface area (Å²) in [6.07, 6.45) is 9.88. The van der Waals surface area contributed by atoms with Crippen LogP contribution in [0.3, 0.4) is 0 Å². The van der Waals surface area contributed by atoms with Gasteiger partial charge in [-0.15, -0.1) is 0 Å². The van der Waals surface area contributed by atoms with E-state index in [0.29, 0.717) is 6.42 Å². The van der Waals surface area contributed by atoms with Crippen LogP contribution < -0.4 is 20.9 Å². The molecule has 1 amide bonds. The number of nitrogens with one attached hydrogen (secondary N) is 1. The maximum atomic E-state index is 11.0. The van der Waals surface area contributed by atoms with Crippen molar-refractivity contribution in [3.63, 3.8) is 0 Å². The monoisotopic (exact) mass is 368 g/mol. The van der Waals surface area contributed by atoms with E-state index >= 15 is 0 Å². The third kappa shape index (κ3) is 6.18. The number of anilines is 2. The molecule has 2 aromatic heterocycles. The Kier molecular flexibility index (Phi) is 8.45. The van der Waals surface area contributed by atoms with E-state index in [-0.39, 0.29) is 5.91 Å². The SMILES string of the molecule is CC=c1ccc(N(CCCCCCC(=O)NO)c2ccccn2)nc1=CC. The topological polar surface area (TPSA) is 78.4 Å². The number of amides is 1. The van der Waals surface area contributed by atoms with Crippen LogP contribution in [0, 0.1) is 0 Å². The van der Waals surface area contributed by atoms with Crippen LogP contribution in [0.15, 0.2) is 36.5 Å². The average Bonchev–Trinajstić information content (AvgIpc) is 2.73. The zero-order chi connectivity index (χ0) is 19.5. The van der Waals surface area contributed by atoms with Gasteiger partial charge in [-0.1, -0.05) is 31.1 Å². The fourth-order valence-electron chi connectivity index (χ4n) is 2.93. The summed E-state index contributed by atoms with van der Waals surface area (Å²) in [4.78, 5) is 22.5. The Morgan fingerprint density at radius 3 is 2.56 bits per heavy atom. The van der Waals surface area contributed by atoms with Crippen molar-refractivity contribution in [1.29, 1.82) is 0 Å². The molecule has 6 heteroatoms. The smallest absolute Gasteiger partial charge is 0.243 e. The van der Waals surface area contributed by atoms with E-state index in [0.717, 1.165) is 54.4 Å². The van der Waals surface area contributed by atoms with E-state index in [1.54, 1.807) is 11.7 Å². The second kappa shape index (κ2) is 11.1. The highest BCUT2D eigenvalue weighted by Gasteiger charge is 2.11. The molecule has 2 heterocycles. The molecule has 0 aromatic carbocycles. The highest BCUT2D eigenvalue weighted by Crippen LogP contribution is 2.20. The van der Waals surface area contributed by atoms with Gasteiger partial charge in [0.1, 0.15) is 11.6 Å². The number of hydrogen-bond donors (Lipinski definition) is 2. The largest absolute Gasteiger partial charge is 0.311 e. The third-order valence-corrected chi connectivity index (χ3v) is 4.39. The van der Waals surface area contributed by atoms with Crippen molar-refractivity contribution < 1.29 is 10.0 Å². The quantitative estimate of drug-likeness (QED) is 0.404. The molecule has 0 bridgehead atoms. The number of carbonyl (C=O) groups excluding carboxylic acids is 1. The number of aromatic nitrogens is 2. The molecule has 0 fully saturated rings. The Morgan fingerprint density at radius 2 is 1.89 bits per heavy atom. The summed E-state index contributed by atoms with van der Waals surface area (Å²) in [7, 11) is 0. The van der Waals surface area contributed by atoms with Crippen LogP contribution in [0.4, 0.5) is 11.6 Å². The van der Waals surface area contributed by atoms with Gasteiger partial charge in [0, 0.05) is 19.2 Å². The Bertz CT molecular complexity index is 837. The van der Waals surface area contributed by atoms with Crippen LogP contribution in [0.5, 0.6) is 0 Å². The van der Waals surface area contributed by atoms with E-state index in [2.05, 4.69) is 22.0 Å². The van der Waals surface area contributed by atoms with Gasteiger partial charge >= 0.3 is 0 Å². The van der Waals surface area contributed by atoms with Gasteiger partial charge in [0.2, 0.25) is 5.91 Å². The van der Waals surface area contributed by atoms with Crippen molar-refractivity contribution in [3.05, 3.63) is 47.1 Å². The van der Waals surface area contributed by atoms with Crippen molar-refractivity contribution >= 4 is 29.7 Å². The van der Waals surface area contributed by atoms with Crippen LogP contribution in [-0.4, -0.2) is 27.6 Å². The standard InChI is InChI=1S/C21H28N4O2/c1-3-17-13-14-20(23-18(17)4-2)25(19-11-8-9-15-22-19)16-10-6-5-7-12-21(26)24-27/h3-4,8-9,11,13-15,27H,5-7,10,12,16H2,1-2H3,(H,24,26). The number of rotatable bonds is 9. The van der Waals surface area contributed by atoms with E-state index in [9.17, 15) is 4.79 Å². The predicted molar refractivity (Wildman–Crippen MR) is 108 cm³/mol. The molecule has 2 aromatic rings. The van der Waals surface area contributed by atoms with Crippen LogP contribution in [0.25, 0.3) is 12.2 Å². The lowest BCUT2D eigenvalue weighted by Crippen LogP contribution is -2.31. The molecule has 0 saturated carbocycles. The average molecular weight is 368 g/mol. The zero-order valence-electron chi connectivity index (χ0n) is 16.1. The van der Waals surface area contributed by atoms with Gasteiger partial charge in [0.15, 0.2) is 0 Å². The fraction of sp³-hybridized carbons (Fsp3) is 0.381. The summed E-state index contributed by atoms with van der Waals surface area (Å²) in [5.41, 5.74) is 1.67. The lowest BCUT2D eigenvalue weighted by molar-refractivity contribution is -0.129. The summed E-state index contributed by atoms with van der Waals surface area (Å²) in [5.74, 6) is 1.43. The van der Waals surface area contributed by atoms with Crippen molar-refractivity contribution in [3.8, 4) is 0 Å². The summed E-state index contributed by atoms with van der Waals surface area (Å²) in [5, 5.41) is 10.6. The molecular weight excluding hydrogens is 340 g/mol. The minimum Gasteiger partial charge on any atom is -0.311 e. The molecule has 0 atom stereocenters. The summed E-state index contributed by atoms with van der Waals surface area (Å²) >= 11 is 0. The molecule has 0 radical (unpaired) electrons. The lowest BCUT2D eigenvalue weighted by atomic mass is 10.1. The highest BCUT2D eigenvalue weighted by molar-refractivity contribution is 5.74. The Hall–Kier alpha value is -2.73. The van der Waals surface area contributed by atoms with Gasteiger partial charge in [0.25, 0.3) is 0 Å². The first kappa shape index (κ1) is 20.6. The third-order valence-electron chi connectivity index (χ3n) is 4.39. The van der Waals surface area contributed by atoms with Gasteiger partial charge in [-0.2, -0.15) is 0 Å². The molecule has 144 valence electrons. The summed E-state index contributed by atoms with van der Waals surface area (Å²) < 4.78 is 0. The summed E-state index contributed by atoms with van der Waals surface area (Å²) in [6, 6.07) is 9.98. The number of unbranched alkanes of at least 4 members (excludes halogenated alkanes) is 3. The van der Waals surface area contributed by atoms with Gasteiger partial charge in [-0.25, -0.2) is 15.4 Å². The molecule has 0 unspecified atom stereocenters. The number of nitrogens with zero attached hydrogens (tertiary/aromatic N) is 3. The van der Waals surface area contributed by atoms with Crippen molar-refractivity contribution in [2.24, 2.45) is 0 Å². The number of pyridine rings is 2.